The van der Waals surface area contributed by atoms with Gasteiger partial charge in [-0.3, -0.25) is 19.6 Å². The van der Waals surface area contributed by atoms with E-state index >= 15 is 0 Å². The summed E-state index contributed by atoms with van der Waals surface area (Å²) in [4.78, 5) is 55.3. The van der Waals surface area contributed by atoms with Gasteiger partial charge in [0.25, 0.3) is 0 Å². The first kappa shape index (κ1) is 37.8. The van der Waals surface area contributed by atoms with E-state index in [1.165, 1.54) is 0 Å². The summed E-state index contributed by atoms with van der Waals surface area (Å²) in [6.07, 6.45) is 0. The Morgan fingerprint density at radius 1 is 0.327 bits per heavy atom. The molecule has 4 N–H and O–H groups in total. The second-order valence-corrected chi connectivity index (χ2v) is 13.1. The van der Waals surface area contributed by atoms with Gasteiger partial charge in [-0.05, 0) is 70.8 Å². The minimum Gasteiger partial charge on any atom is -0.478 e. The van der Waals surface area contributed by atoms with E-state index in [4.69, 9.17) is 0 Å². The Labute approximate surface area is 302 Å². The van der Waals surface area contributed by atoms with Crippen molar-refractivity contribution >= 4 is 23.9 Å². The van der Waals surface area contributed by atoms with Crippen molar-refractivity contribution in [1.29, 1.82) is 0 Å². The third-order valence-corrected chi connectivity index (χ3v) is 9.36. The molecule has 12 nitrogen and oxygen atoms in total. The van der Waals surface area contributed by atoms with Crippen LogP contribution in [0.15, 0.2) is 97.1 Å². The molecule has 0 saturated carbocycles. The van der Waals surface area contributed by atoms with E-state index in [1.807, 2.05) is 48.5 Å². The number of aromatic carboxylic acids is 4. The van der Waals surface area contributed by atoms with Gasteiger partial charge >= 0.3 is 23.9 Å². The summed E-state index contributed by atoms with van der Waals surface area (Å²) in [5.41, 5.74) is 4.96. The van der Waals surface area contributed by atoms with Crippen molar-refractivity contribution in [2.24, 2.45) is 0 Å². The van der Waals surface area contributed by atoms with Crippen LogP contribution in [0.25, 0.3) is 0 Å². The Hall–Kier alpha value is -5.40. The highest BCUT2D eigenvalue weighted by Gasteiger charge is 2.19. The molecule has 0 bridgehead atoms. The van der Waals surface area contributed by atoms with E-state index in [9.17, 15) is 39.6 Å². The normalized spacial score (nSPS) is 15.7. The molecule has 1 aliphatic rings. The van der Waals surface area contributed by atoms with Crippen LogP contribution in [-0.4, -0.2) is 116 Å². The number of carboxylic acid groups (broad SMARTS) is 4. The highest BCUT2D eigenvalue weighted by Crippen LogP contribution is 2.15. The molecule has 1 saturated heterocycles. The zero-order chi connectivity index (χ0) is 37.0. The lowest BCUT2D eigenvalue weighted by atomic mass is 10.1. The third kappa shape index (κ3) is 11.3. The van der Waals surface area contributed by atoms with Crippen molar-refractivity contribution in [3.63, 3.8) is 0 Å². The molecular formula is C40H44N4O8. The van der Waals surface area contributed by atoms with E-state index in [2.05, 4.69) is 19.6 Å². The molecule has 0 aromatic heterocycles. The quantitative estimate of drug-likeness (QED) is 0.159. The molecule has 0 aliphatic carbocycles. The van der Waals surface area contributed by atoms with Crippen LogP contribution in [0.4, 0.5) is 0 Å². The Morgan fingerprint density at radius 3 is 0.615 bits per heavy atom. The molecule has 52 heavy (non-hydrogen) atoms. The van der Waals surface area contributed by atoms with Crippen LogP contribution in [-0.2, 0) is 26.2 Å². The zero-order valence-corrected chi connectivity index (χ0v) is 28.9. The number of hydrogen-bond donors (Lipinski definition) is 4. The lowest BCUT2D eigenvalue weighted by Crippen LogP contribution is -2.45. The minimum atomic E-state index is -0.969. The number of benzene rings is 4. The number of carboxylic acids is 4. The molecular weight excluding hydrogens is 664 g/mol. The van der Waals surface area contributed by atoms with Crippen molar-refractivity contribution < 1.29 is 39.6 Å². The van der Waals surface area contributed by atoms with Crippen molar-refractivity contribution in [3.8, 4) is 0 Å². The molecule has 0 amide bonds. The molecule has 0 unspecified atom stereocenters. The molecule has 1 aliphatic heterocycles. The number of carbonyl (C=O) groups is 4. The maximum Gasteiger partial charge on any atom is 0.335 e. The molecule has 1 fully saturated rings. The highest BCUT2D eigenvalue weighted by molar-refractivity contribution is 5.88. The number of rotatable bonds is 12. The molecule has 0 spiro atoms. The van der Waals surface area contributed by atoms with Gasteiger partial charge in [-0.1, -0.05) is 48.5 Å². The standard InChI is InChI=1S/C40H44N4O8/c45-37(46)33-9-1-29(2-10-33)25-41-17-19-42(26-30-3-11-34(12-4-30)38(47)48)21-23-44(28-32-7-15-36(16-8-32)40(51)52)24-22-43(20-18-41)27-31-5-13-35(14-6-31)39(49)50/h1-16H,17-28H2,(H,45,46)(H,47,48)(H,49,50)(H,51,52). The van der Waals surface area contributed by atoms with Gasteiger partial charge in [0.1, 0.15) is 0 Å². The molecule has 0 radical (unpaired) electrons. The molecule has 0 atom stereocenters. The van der Waals surface area contributed by atoms with Crippen molar-refractivity contribution in [3.05, 3.63) is 142 Å². The Morgan fingerprint density at radius 2 is 0.481 bits per heavy atom. The summed E-state index contributed by atoms with van der Waals surface area (Å²) >= 11 is 0. The summed E-state index contributed by atoms with van der Waals surface area (Å²) in [5.74, 6) is -3.88. The van der Waals surface area contributed by atoms with Crippen molar-refractivity contribution in [2.45, 2.75) is 26.2 Å². The first-order valence-corrected chi connectivity index (χ1v) is 17.2. The second-order valence-electron chi connectivity index (χ2n) is 13.1. The fraction of sp³-hybridized carbons (Fsp3) is 0.300. The maximum atomic E-state index is 11.5. The Bertz CT molecular complexity index is 1530. The minimum absolute atomic E-state index is 0.236. The molecule has 4 aromatic carbocycles. The van der Waals surface area contributed by atoms with Gasteiger partial charge in [0.2, 0.25) is 0 Å². The predicted molar refractivity (Wildman–Crippen MR) is 195 cm³/mol. The van der Waals surface area contributed by atoms with Crippen molar-refractivity contribution in [2.75, 3.05) is 52.4 Å². The first-order chi connectivity index (χ1) is 25.0. The molecule has 1 heterocycles. The molecule has 12 heteroatoms. The van der Waals surface area contributed by atoms with Gasteiger partial charge in [-0.2, -0.15) is 0 Å². The molecule has 4 aromatic rings. The highest BCUT2D eigenvalue weighted by atomic mass is 16.4. The zero-order valence-electron chi connectivity index (χ0n) is 28.9. The van der Waals surface area contributed by atoms with E-state index in [0.29, 0.717) is 26.2 Å². The number of hydrogen-bond acceptors (Lipinski definition) is 8. The first-order valence-electron chi connectivity index (χ1n) is 17.2. The Balaban J connectivity index is 1.39. The monoisotopic (exact) mass is 708 g/mol. The van der Waals surface area contributed by atoms with Crippen LogP contribution in [0.1, 0.15) is 63.7 Å². The van der Waals surface area contributed by atoms with E-state index in [0.717, 1.165) is 74.6 Å². The van der Waals surface area contributed by atoms with Crippen LogP contribution < -0.4 is 0 Å². The summed E-state index contributed by atoms with van der Waals surface area (Å²) < 4.78 is 0. The molecule has 272 valence electrons. The van der Waals surface area contributed by atoms with Gasteiger partial charge in [0.05, 0.1) is 22.3 Å². The van der Waals surface area contributed by atoms with E-state index in [-0.39, 0.29) is 22.3 Å². The average Bonchev–Trinajstić information content (AvgIpc) is 3.13. The van der Waals surface area contributed by atoms with Gasteiger partial charge in [-0.25, -0.2) is 19.2 Å². The number of nitrogens with zero attached hydrogens (tertiary/aromatic N) is 4. The summed E-state index contributed by atoms with van der Waals surface area (Å²) in [6, 6.07) is 27.8. The van der Waals surface area contributed by atoms with Crippen LogP contribution in [0.5, 0.6) is 0 Å². The van der Waals surface area contributed by atoms with Crippen molar-refractivity contribution in [1.82, 2.24) is 19.6 Å². The van der Waals surface area contributed by atoms with Crippen LogP contribution in [0.3, 0.4) is 0 Å². The van der Waals surface area contributed by atoms with Gasteiger partial charge < -0.3 is 20.4 Å². The van der Waals surface area contributed by atoms with Gasteiger partial charge in [0, 0.05) is 78.5 Å². The fourth-order valence-electron chi connectivity index (χ4n) is 6.25. The van der Waals surface area contributed by atoms with Gasteiger partial charge in [-0.15, -0.1) is 0 Å². The lowest BCUT2D eigenvalue weighted by Gasteiger charge is -2.34. The van der Waals surface area contributed by atoms with E-state index in [1.54, 1.807) is 48.5 Å². The second kappa shape index (κ2) is 18.2. The van der Waals surface area contributed by atoms with Crippen LogP contribution >= 0.6 is 0 Å². The SMILES string of the molecule is O=C(O)c1ccc(CN2CCN(Cc3ccc(C(=O)O)cc3)CCN(Cc3ccc(C(=O)O)cc3)CCN(Cc3ccc(C(=O)O)cc3)CC2)cc1. The third-order valence-electron chi connectivity index (χ3n) is 9.36. The topological polar surface area (TPSA) is 162 Å². The summed E-state index contributed by atoms with van der Waals surface area (Å²) in [5, 5.41) is 37.5. The fourth-order valence-corrected chi connectivity index (χ4v) is 6.25. The summed E-state index contributed by atoms with van der Waals surface area (Å²) in [7, 11) is 0. The maximum absolute atomic E-state index is 11.5. The smallest absolute Gasteiger partial charge is 0.335 e. The largest absolute Gasteiger partial charge is 0.478 e. The summed E-state index contributed by atoms with van der Waals surface area (Å²) in [6.45, 7) is 8.33. The predicted octanol–water partition coefficient (Wildman–Crippen LogP) is 4.80. The lowest BCUT2D eigenvalue weighted by molar-refractivity contribution is 0.0686. The van der Waals surface area contributed by atoms with Crippen LogP contribution in [0.2, 0.25) is 0 Å². The van der Waals surface area contributed by atoms with Gasteiger partial charge in [0.15, 0.2) is 0 Å². The molecule has 5 rings (SSSR count). The van der Waals surface area contributed by atoms with E-state index < -0.39 is 23.9 Å². The van der Waals surface area contributed by atoms with Crippen LogP contribution in [0, 0.1) is 0 Å². The Kier molecular flexibility index (Phi) is 13.2. The average molecular weight is 709 g/mol.